The fourth-order valence-corrected chi connectivity index (χ4v) is 3.94. The van der Waals surface area contributed by atoms with Gasteiger partial charge in [-0.25, -0.2) is 0 Å². The van der Waals surface area contributed by atoms with Crippen molar-refractivity contribution in [3.05, 3.63) is 0 Å². The minimum atomic E-state index is 0.214. The van der Waals surface area contributed by atoms with Crippen LogP contribution in [0.2, 0.25) is 0 Å². The van der Waals surface area contributed by atoms with Crippen LogP contribution in [0, 0.1) is 0 Å². The Kier molecular flexibility index (Phi) is 4.99. The van der Waals surface area contributed by atoms with Crippen LogP contribution in [0.4, 0.5) is 0 Å². The minimum absolute atomic E-state index is 0.214. The number of hydrogen-bond donors (Lipinski definition) is 0. The topological polar surface area (TPSA) is 66.4 Å². The molecule has 3 fully saturated rings. The summed E-state index contributed by atoms with van der Waals surface area (Å²) in [6.45, 7) is 0. The Morgan fingerprint density at radius 1 is 0.458 bits per heavy atom. The molecule has 0 atom stereocenters. The van der Waals surface area contributed by atoms with E-state index < -0.39 is 0 Å². The average molecular weight is 333 g/mol. The van der Waals surface area contributed by atoms with E-state index in [1.807, 2.05) is 0 Å². The summed E-state index contributed by atoms with van der Waals surface area (Å²) in [4.78, 5) is 13.2. The zero-order valence-electron chi connectivity index (χ0n) is 14.3. The van der Waals surface area contributed by atoms with Gasteiger partial charge in [0.05, 0.1) is 0 Å². The number of hydrogen-bond acceptors (Lipinski definition) is 6. The first kappa shape index (κ1) is 15.9. The average Bonchev–Trinajstić information content (AvgIpc) is 3.30. The van der Waals surface area contributed by atoms with E-state index in [0.29, 0.717) is 18.0 Å². The number of nitrogens with zero attached hydrogens (tertiary/aromatic N) is 3. The van der Waals surface area contributed by atoms with Crippen LogP contribution in [-0.2, 0) is 0 Å². The summed E-state index contributed by atoms with van der Waals surface area (Å²) >= 11 is 0. The van der Waals surface area contributed by atoms with Gasteiger partial charge >= 0.3 is 18.0 Å². The predicted octanol–water partition coefficient (Wildman–Crippen LogP) is 3.84. The Morgan fingerprint density at radius 2 is 0.708 bits per heavy atom. The first-order chi connectivity index (χ1) is 11.8. The summed E-state index contributed by atoms with van der Waals surface area (Å²) in [6, 6.07) is 1.08. The van der Waals surface area contributed by atoms with Gasteiger partial charge in [-0.3, -0.25) is 0 Å². The van der Waals surface area contributed by atoms with Gasteiger partial charge in [-0.1, -0.05) is 0 Å². The highest BCUT2D eigenvalue weighted by atomic mass is 16.5. The summed E-state index contributed by atoms with van der Waals surface area (Å²) in [6.07, 6.45) is 14.4. The molecule has 0 radical (unpaired) electrons. The van der Waals surface area contributed by atoms with Crippen molar-refractivity contribution >= 4 is 0 Å². The van der Waals surface area contributed by atoms with Crippen molar-refractivity contribution in [2.75, 3.05) is 0 Å². The van der Waals surface area contributed by atoms with Crippen LogP contribution in [0.15, 0.2) is 0 Å². The number of ether oxygens (including phenoxy) is 3. The molecule has 1 heterocycles. The molecule has 0 aromatic carbocycles. The Balaban J connectivity index is 1.49. The smallest absolute Gasteiger partial charge is 0.326 e. The standard InChI is InChI=1S/C18H27N3O3/c1-2-8-13(7-1)22-16-19-17(23-14-9-3-4-10-14)21-18(20-16)24-15-11-5-6-12-15/h13-15H,1-12H2. The SMILES string of the molecule is C1CCC(Oc2nc(OC3CCCC3)nc(OC3CCCC3)n2)C1. The van der Waals surface area contributed by atoms with Gasteiger partial charge in [-0.2, -0.15) is 0 Å². The van der Waals surface area contributed by atoms with Gasteiger partial charge < -0.3 is 14.2 Å². The molecule has 1 aromatic heterocycles. The van der Waals surface area contributed by atoms with E-state index >= 15 is 0 Å². The van der Waals surface area contributed by atoms with Crippen molar-refractivity contribution < 1.29 is 14.2 Å². The third-order valence-electron chi connectivity index (χ3n) is 5.30. The molecule has 0 N–H and O–H groups in total. The third-order valence-corrected chi connectivity index (χ3v) is 5.30. The molecule has 0 saturated heterocycles. The monoisotopic (exact) mass is 333 g/mol. The Bertz CT molecular complexity index is 448. The fourth-order valence-electron chi connectivity index (χ4n) is 3.94. The number of rotatable bonds is 6. The third kappa shape index (κ3) is 4.08. The predicted molar refractivity (Wildman–Crippen MR) is 88.5 cm³/mol. The molecule has 0 unspecified atom stereocenters. The van der Waals surface area contributed by atoms with Crippen LogP contribution < -0.4 is 14.2 Å². The van der Waals surface area contributed by atoms with Gasteiger partial charge in [0.1, 0.15) is 18.3 Å². The van der Waals surface area contributed by atoms with Gasteiger partial charge in [-0.15, -0.1) is 15.0 Å². The van der Waals surface area contributed by atoms with Crippen molar-refractivity contribution in [2.45, 2.75) is 95.4 Å². The van der Waals surface area contributed by atoms with Crippen molar-refractivity contribution in [3.8, 4) is 18.0 Å². The van der Waals surface area contributed by atoms with Crippen LogP contribution in [-0.4, -0.2) is 33.3 Å². The van der Waals surface area contributed by atoms with Crippen molar-refractivity contribution in [1.29, 1.82) is 0 Å². The molecule has 6 heteroatoms. The lowest BCUT2D eigenvalue weighted by Crippen LogP contribution is -2.19. The molecule has 132 valence electrons. The van der Waals surface area contributed by atoms with Crippen LogP contribution in [0.1, 0.15) is 77.0 Å². The first-order valence-electron chi connectivity index (χ1n) is 9.61. The van der Waals surface area contributed by atoms with Crippen LogP contribution >= 0.6 is 0 Å². The van der Waals surface area contributed by atoms with Crippen LogP contribution in [0.3, 0.4) is 0 Å². The molecule has 3 aliphatic carbocycles. The molecule has 3 saturated carbocycles. The normalized spacial score (nSPS) is 23.0. The second-order valence-electron chi connectivity index (χ2n) is 7.26. The van der Waals surface area contributed by atoms with Gasteiger partial charge in [-0.05, 0) is 77.0 Å². The summed E-state index contributed by atoms with van der Waals surface area (Å²) in [5, 5.41) is 0. The number of aromatic nitrogens is 3. The molecular formula is C18H27N3O3. The van der Waals surface area contributed by atoms with Gasteiger partial charge in [0.2, 0.25) is 0 Å². The molecule has 0 spiro atoms. The highest BCUT2D eigenvalue weighted by Crippen LogP contribution is 2.28. The Morgan fingerprint density at radius 3 is 0.958 bits per heavy atom. The molecule has 6 nitrogen and oxygen atoms in total. The van der Waals surface area contributed by atoms with Crippen LogP contribution in [0.25, 0.3) is 0 Å². The maximum atomic E-state index is 5.96. The highest BCUT2D eigenvalue weighted by Gasteiger charge is 2.24. The summed E-state index contributed by atoms with van der Waals surface area (Å²) in [7, 11) is 0. The summed E-state index contributed by atoms with van der Waals surface area (Å²) < 4.78 is 17.9. The highest BCUT2D eigenvalue weighted by molar-refractivity contribution is 5.10. The first-order valence-corrected chi connectivity index (χ1v) is 9.61. The lowest BCUT2D eigenvalue weighted by atomic mass is 10.3. The molecule has 1 aromatic rings. The van der Waals surface area contributed by atoms with Gasteiger partial charge in [0.15, 0.2) is 0 Å². The molecule has 0 bridgehead atoms. The van der Waals surface area contributed by atoms with E-state index in [-0.39, 0.29) is 18.3 Å². The second kappa shape index (κ2) is 7.53. The quantitative estimate of drug-likeness (QED) is 0.788. The molecule has 0 amide bonds. The van der Waals surface area contributed by atoms with Crippen molar-refractivity contribution in [3.63, 3.8) is 0 Å². The Hall–Kier alpha value is -1.59. The zero-order valence-corrected chi connectivity index (χ0v) is 14.3. The lowest BCUT2D eigenvalue weighted by Gasteiger charge is -2.16. The molecule has 4 rings (SSSR count). The molecule has 3 aliphatic rings. The van der Waals surface area contributed by atoms with E-state index in [0.717, 1.165) is 38.5 Å². The van der Waals surface area contributed by atoms with E-state index in [9.17, 15) is 0 Å². The van der Waals surface area contributed by atoms with E-state index in [4.69, 9.17) is 14.2 Å². The molecule has 24 heavy (non-hydrogen) atoms. The minimum Gasteiger partial charge on any atom is -0.460 e. The maximum Gasteiger partial charge on any atom is 0.326 e. The summed E-state index contributed by atoms with van der Waals surface area (Å²) in [5.41, 5.74) is 0. The lowest BCUT2D eigenvalue weighted by molar-refractivity contribution is 0.148. The van der Waals surface area contributed by atoms with Gasteiger partial charge in [0.25, 0.3) is 0 Å². The maximum absolute atomic E-state index is 5.96. The zero-order chi connectivity index (χ0) is 16.2. The molecular weight excluding hydrogens is 306 g/mol. The molecule has 0 aliphatic heterocycles. The Labute approximate surface area is 143 Å². The fraction of sp³-hybridized carbons (Fsp3) is 0.833. The van der Waals surface area contributed by atoms with E-state index in [1.54, 1.807) is 0 Å². The largest absolute Gasteiger partial charge is 0.460 e. The summed E-state index contributed by atoms with van der Waals surface area (Å²) in [5.74, 6) is 0. The van der Waals surface area contributed by atoms with E-state index in [1.165, 1.54) is 38.5 Å². The van der Waals surface area contributed by atoms with Crippen molar-refractivity contribution in [2.24, 2.45) is 0 Å². The van der Waals surface area contributed by atoms with Gasteiger partial charge in [0, 0.05) is 0 Å². The van der Waals surface area contributed by atoms with Crippen LogP contribution in [0.5, 0.6) is 18.0 Å². The van der Waals surface area contributed by atoms with Crippen molar-refractivity contribution in [1.82, 2.24) is 15.0 Å². The second-order valence-corrected chi connectivity index (χ2v) is 7.26. The van der Waals surface area contributed by atoms with E-state index in [2.05, 4.69) is 15.0 Å².